The number of carbonyl (C=O) groups excluding carboxylic acids is 2. The van der Waals surface area contributed by atoms with Crippen molar-refractivity contribution in [3.8, 4) is 0 Å². The summed E-state index contributed by atoms with van der Waals surface area (Å²) in [5, 5.41) is 6.14. The van der Waals surface area contributed by atoms with Crippen LogP contribution < -0.4 is 10.6 Å². The number of hydrogen-bond acceptors (Lipinski definition) is 3. The minimum atomic E-state index is -0.404. The summed E-state index contributed by atoms with van der Waals surface area (Å²) in [6.45, 7) is 4.22. The van der Waals surface area contributed by atoms with Gasteiger partial charge < -0.3 is 10.6 Å². The maximum atomic E-state index is 12.5. The predicted octanol–water partition coefficient (Wildman–Crippen LogP) is 5.36. The van der Waals surface area contributed by atoms with Gasteiger partial charge in [-0.15, -0.1) is 0 Å². The summed E-state index contributed by atoms with van der Waals surface area (Å²) < 4.78 is 0. The highest BCUT2D eigenvalue weighted by Gasteiger charge is 2.13. The number of benzene rings is 2. The third kappa shape index (κ3) is 4.96. The third-order valence-corrected chi connectivity index (χ3v) is 4.44. The SMILES string of the molecule is CC(C)c1ccc(NC(=O)c2ccnc(C(=O)Nc3ccc(Cl)cc3)c2)cc1. The fourth-order valence-corrected chi connectivity index (χ4v) is 2.70. The Kier molecular flexibility index (Phi) is 6.06. The maximum Gasteiger partial charge on any atom is 0.274 e. The Labute approximate surface area is 168 Å². The number of halogens is 1. The first-order valence-electron chi connectivity index (χ1n) is 8.86. The van der Waals surface area contributed by atoms with E-state index in [4.69, 9.17) is 11.6 Å². The van der Waals surface area contributed by atoms with Gasteiger partial charge in [0.1, 0.15) is 5.69 Å². The van der Waals surface area contributed by atoms with Crippen molar-refractivity contribution in [2.75, 3.05) is 10.6 Å². The molecule has 0 bridgehead atoms. The molecule has 2 amide bonds. The predicted molar refractivity (Wildman–Crippen MR) is 112 cm³/mol. The van der Waals surface area contributed by atoms with Crippen molar-refractivity contribution in [2.24, 2.45) is 0 Å². The Morgan fingerprint density at radius 3 is 2.04 bits per heavy atom. The van der Waals surface area contributed by atoms with Crippen LogP contribution in [-0.2, 0) is 0 Å². The quantitative estimate of drug-likeness (QED) is 0.612. The Hall–Kier alpha value is -3.18. The van der Waals surface area contributed by atoms with E-state index in [1.165, 1.54) is 17.8 Å². The molecule has 2 N–H and O–H groups in total. The van der Waals surface area contributed by atoms with Crippen LogP contribution in [0.4, 0.5) is 11.4 Å². The summed E-state index contributed by atoms with van der Waals surface area (Å²) in [6.07, 6.45) is 1.44. The van der Waals surface area contributed by atoms with Gasteiger partial charge in [0, 0.05) is 28.2 Å². The summed E-state index contributed by atoms with van der Waals surface area (Å²) in [5.74, 6) is -0.287. The topological polar surface area (TPSA) is 71.1 Å². The molecule has 5 nitrogen and oxygen atoms in total. The molecule has 1 aromatic heterocycles. The van der Waals surface area contributed by atoms with Gasteiger partial charge in [-0.05, 0) is 60.0 Å². The normalized spacial score (nSPS) is 10.6. The first kappa shape index (κ1) is 19.6. The molecular formula is C22H20ClN3O2. The standard InChI is InChI=1S/C22H20ClN3O2/c1-14(2)15-3-7-18(8-4-15)25-21(27)16-11-12-24-20(13-16)22(28)26-19-9-5-17(23)6-10-19/h3-14H,1-2H3,(H,25,27)(H,26,28). The van der Waals surface area contributed by atoms with Gasteiger partial charge in [0.25, 0.3) is 11.8 Å². The van der Waals surface area contributed by atoms with Crippen molar-refractivity contribution in [2.45, 2.75) is 19.8 Å². The Bertz CT molecular complexity index is 983. The lowest BCUT2D eigenvalue weighted by atomic mass is 10.0. The number of rotatable bonds is 5. The number of carbonyl (C=O) groups is 2. The van der Waals surface area contributed by atoms with Crippen molar-refractivity contribution < 1.29 is 9.59 Å². The van der Waals surface area contributed by atoms with E-state index in [0.29, 0.717) is 27.9 Å². The number of nitrogens with one attached hydrogen (secondary N) is 2. The molecule has 142 valence electrons. The van der Waals surface area contributed by atoms with Gasteiger partial charge in [0.05, 0.1) is 0 Å². The Balaban J connectivity index is 1.70. The lowest BCUT2D eigenvalue weighted by Gasteiger charge is -2.09. The molecule has 6 heteroatoms. The molecule has 0 radical (unpaired) electrons. The lowest BCUT2D eigenvalue weighted by Crippen LogP contribution is -2.17. The zero-order chi connectivity index (χ0) is 20.1. The molecule has 0 unspecified atom stereocenters. The van der Waals surface area contributed by atoms with Crippen molar-refractivity contribution >= 4 is 34.8 Å². The molecule has 0 spiro atoms. The summed E-state index contributed by atoms with van der Waals surface area (Å²) in [5.41, 5.74) is 2.99. The Morgan fingerprint density at radius 2 is 1.43 bits per heavy atom. The van der Waals surface area contributed by atoms with E-state index in [-0.39, 0.29) is 11.6 Å². The maximum absolute atomic E-state index is 12.5. The highest BCUT2D eigenvalue weighted by Crippen LogP contribution is 2.18. The van der Waals surface area contributed by atoms with E-state index >= 15 is 0 Å². The van der Waals surface area contributed by atoms with E-state index < -0.39 is 5.91 Å². The van der Waals surface area contributed by atoms with Gasteiger partial charge in [0.15, 0.2) is 0 Å². The first-order chi connectivity index (χ1) is 13.4. The molecule has 0 aliphatic rings. The Morgan fingerprint density at radius 1 is 0.857 bits per heavy atom. The second kappa shape index (κ2) is 8.67. The molecule has 0 aliphatic carbocycles. The number of amides is 2. The number of pyridine rings is 1. The summed E-state index contributed by atoms with van der Waals surface area (Å²) in [4.78, 5) is 29.0. The molecule has 0 saturated carbocycles. The molecule has 3 aromatic rings. The van der Waals surface area contributed by atoms with Gasteiger partial charge in [-0.1, -0.05) is 37.6 Å². The van der Waals surface area contributed by atoms with Crippen molar-refractivity contribution in [3.63, 3.8) is 0 Å². The molecule has 2 aromatic carbocycles. The van der Waals surface area contributed by atoms with E-state index in [0.717, 1.165) is 0 Å². The van der Waals surface area contributed by atoms with Gasteiger partial charge in [-0.2, -0.15) is 0 Å². The molecule has 0 aliphatic heterocycles. The average Bonchev–Trinajstić information content (AvgIpc) is 2.70. The van der Waals surface area contributed by atoms with E-state index in [2.05, 4.69) is 29.5 Å². The van der Waals surface area contributed by atoms with Crippen LogP contribution in [-0.4, -0.2) is 16.8 Å². The van der Waals surface area contributed by atoms with Crippen LogP contribution in [0, 0.1) is 0 Å². The van der Waals surface area contributed by atoms with Crippen molar-refractivity contribution in [1.29, 1.82) is 0 Å². The molecule has 0 atom stereocenters. The minimum Gasteiger partial charge on any atom is -0.322 e. The van der Waals surface area contributed by atoms with Crippen LogP contribution in [0.25, 0.3) is 0 Å². The number of anilines is 2. The van der Waals surface area contributed by atoms with Crippen molar-refractivity contribution in [1.82, 2.24) is 4.98 Å². The second-order valence-corrected chi connectivity index (χ2v) is 7.06. The van der Waals surface area contributed by atoms with Crippen LogP contribution >= 0.6 is 11.6 Å². The number of nitrogens with zero attached hydrogens (tertiary/aromatic N) is 1. The number of aromatic nitrogens is 1. The van der Waals surface area contributed by atoms with Crippen LogP contribution in [0.3, 0.4) is 0 Å². The highest BCUT2D eigenvalue weighted by atomic mass is 35.5. The van der Waals surface area contributed by atoms with E-state index in [9.17, 15) is 9.59 Å². The molecule has 0 saturated heterocycles. The largest absolute Gasteiger partial charge is 0.322 e. The molecule has 0 fully saturated rings. The smallest absolute Gasteiger partial charge is 0.274 e. The summed E-state index contributed by atoms with van der Waals surface area (Å²) >= 11 is 5.84. The van der Waals surface area contributed by atoms with Crippen molar-refractivity contribution in [3.05, 3.63) is 88.7 Å². The molecule has 3 rings (SSSR count). The van der Waals surface area contributed by atoms with Crippen LogP contribution in [0.15, 0.2) is 66.9 Å². The average molecular weight is 394 g/mol. The fraction of sp³-hybridized carbons (Fsp3) is 0.136. The van der Waals surface area contributed by atoms with Gasteiger partial charge in [-0.3, -0.25) is 14.6 Å². The van der Waals surface area contributed by atoms with Gasteiger partial charge in [-0.25, -0.2) is 0 Å². The highest BCUT2D eigenvalue weighted by molar-refractivity contribution is 6.30. The minimum absolute atomic E-state index is 0.151. The molecule has 1 heterocycles. The second-order valence-electron chi connectivity index (χ2n) is 6.62. The van der Waals surface area contributed by atoms with Crippen LogP contribution in [0.2, 0.25) is 5.02 Å². The molecular weight excluding hydrogens is 374 g/mol. The van der Waals surface area contributed by atoms with Crippen LogP contribution in [0.5, 0.6) is 0 Å². The zero-order valence-electron chi connectivity index (χ0n) is 15.6. The zero-order valence-corrected chi connectivity index (χ0v) is 16.3. The van der Waals surface area contributed by atoms with Gasteiger partial charge >= 0.3 is 0 Å². The summed E-state index contributed by atoms with van der Waals surface area (Å²) in [6, 6.07) is 17.5. The fourth-order valence-electron chi connectivity index (χ4n) is 2.58. The summed E-state index contributed by atoms with van der Waals surface area (Å²) in [7, 11) is 0. The van der Waals surface area contributed by atoms with E-state index in [1.807, 2.05) is 24.3 Å². The first-order valence-corrected chi connectivity index (χ1v) is 9.24. The number of hydrogen-bond donors (Lipinski definition) is 2. The van der Waals surface area contributed by atoms with E-state index in [1.54, 1.807) is 30.3 Å². The monoisotopic (exact) mass is 393 g/mol. The lowest BCUT2D eigenvalue weighted by molar-refractivity contribution is 0.102. The third-order valence-electron chi connectivity index (χ3n) is 4.19. The van der Waals surface area contributed by atoms with Crippen LogP contribution in [0.1, 0.15) is 46.2 Å². The van der Waals surface area contributed by atoms with Gasteiger partial charge in [0.2, 0.25) is 0 Å². The molecule has 28 heavy (non-hydrogen) atoms.